The van der Waals surface area contributed by atoms with Gasteiger partial charge in [-0.3, -0.25) is 9.59 Å². The number of benzene rings is 2. The summed E-state index contributed by atoms with van der Waals surface area (Å²) < 4.78 is 2.15. The summed E-state index contributed by atoms with van der Waals surface area (Å²) in [5.74, 6) is -1.69. The van der Waals surface area contributed by atoms with Gasteiger partial charge in [-0.05, 0) is 23.9 Å². The fourth-order valence-corrected chi connectivity index (χ4v) is 4.04. The number of aliphatic hydroxyl groups excluding tert-OH is 1. The summed E-state index contributed by atoms with van der Waals surface area (Å²) in [5, 5.41) is 21.3. The molecule has 4 rings (SSSR count). The summed E-state index contributed by atoms with van der Waals surface area (Å²) in [7, 11) is 0. The highest BCUT2D eigenvalue weighted by atomic mass is 16.4. The number of hydrogen-bond acceptors (Lipinski definition) is 3. The number of fused-ring (bicyclic) bond motifs is 3. The Kier molecular flexibility index (Phi) is 5.69. The van der Waals surface area contributed by atoms with E-state index in [4.69, 9.17) is 5.11 Å². The molecule has 0 aliphatic heterocycles. The smallest absolute Gasteiger partial charge is 0.310 e. The molecule has 0 bridgehead atoms. The van der Waals surface area contributed by atoms with Crippen LogP contribution in [0.2, 0.25) is 0 Å². The minimum atomic E-state index is -1.19. The molecule has 31 heavy (non-hydrogen) atoms. The standard InChI is InChI=1S/C26H23NO4/c1-17-22(12-11-20(28)15-21(29)16-24(30)31)25(19-8-3-2-4-9-19)26-23-10-6-5-7-18(23)13-14-27(17)26/h2-14,20,28H,15-16H2,1H3,(H,30,31). The van der Waals surface area contributed by atoms with Gasteiger partial charge in [0.2, 0.25) is 0 Å². The van der Waals surface area contributed by atoms with Crippen LogP contribution in [0.5, 0.6) is 0 Å². The number of aliphatic hydroxyl groups is 1. The first-order valence-electron chi connectivity index (χ1n) is 10.1. The first kappa shape index (κ1) is 20.6. The normalized spacial score (nSPS) is 12.6. The van der Waals surface area contributed by atoms with E-state index in [0.29, 0.717) is 0 Å². The lowest BCUT2D eigenvalue weighted by Gasteiger charge is -2.07. The topological polar surface area (TPSA) is 79.0 Å². The second-order valence-corrected chi connectivity index (χ2v) is 7.60. The van der Waals surface area contributed by atoms with Gasteiger partial charge in [0.05, 0.1) is 11.6 Å². The van der Waals surface area contributed by atoms with Gasteiger partial charge < -0.3 is 14.6 Å². The zero-order valence-electron chi connectivity index (χ0n) is 17.2. The number of aromatic nitrogens is 1. The Bertz CT molecular complexity index is 1300. The number of pyridine rings is 1. The SMILES string of the molecule is Cc1c(C=CC(O)CC(=O)CC(=O)O)c(-c2ccccc2)c2c3ccccc3ccn12. The summed E-state index contributed by atoms with van der Waals surface area (Å²) >= 11 is 0. The molecule has 0 amide bonds. The number of carboxylic acids is 1. The zero-order valence-corrected chi connectivity index (χ0v) is 17.2. The van der Waals surface area contributed by atoms with Crippen molar-refractivity contribution < 1.29 is 19.8 Å². The lowest BCUT2D eigenvalue weighted by atomic mass is 9.98. The third-order valence-electron chi connectivity index (χ3n) is 5.45. The minimum absolute atomic E-state index is 0.223. The van der Waals surface area contributed by atoms with Crippen molar-refractivity contribution in [1.29, 1.82) is 0 Å². The maximum Gasteiger partial charge on any atom is 0.310 e. The molecule has 0 fully saturated rings. The minimum Gasteiger partial charge on any atom is -0.481 e. The van der Waals surface area contributed by atoms with Crippen LogP contribution in [0, 0.1) is 6.92 Å². The van der Waals surface area contributed by atoms with Crippen molar-refractivity contribution in [3.8, 4) is 11.1 Å². The predicted octanol–water partition coefficient (Wildman–Crippen LogP) is 4.88. The molecule has 0 spiro atoms. The molecular weight excluding hydrogens is 390 g/mol. The number of rotatable bonds is 7. The van der Waals surface area contributed by atoms with Gasteiger partial charge in [-0.1, -0.05) is 66.7 Å². The molecule has 0 radical (unpaired) electrons. The van der Waals surface area contributed by atoms with Crippen LogP contribution in [0.3, 0.4) is 0 Å². The molecule has 0 aliphatic carbocycles. The Morgan fingerprint density at radius 1 is 1.03 bits per heavy atom. The molecule has 1 unspecified atom stereocenters. The molecule has 5 nitrogen and oxygen atoms in total. The Morgan fingerprint density at radius 3 is 2.48 bits per heavy atom. The molecule has 0 saturated carbocycles. The summed E-state index contributed by atoms with van der Waals surface area (Å²) in [4.78, 5) is 22.4. The van der Waals surface area contributed by atoms with Crippen LogP contribution in [0.25, 0.3) is 33.5 Å². The summed E-state index contributed by atoms with van der Waals surface area (Å²) in [6, 6.07) is 20.4. The van der Waals surface area contributed by atoms with Crippen LogP contribution in [-0.2, 0) is 9.59 Å². The highest BCUT2D eigenvalue weighted by Crippen LogP contribution is 2.37. The molecule has 5 heteroatoms. The second-order valence-electron chi connectivity index (χ2n) is 7.60. The highest BCUT2D eigenvalue weighted by molar-refractivity contribution is 6.06. The number of Topliss-reactive ketones (excluding diaryl/α,β-unsaturated/α-hetero) is 1. The number of hydrogen-bond donors (Lipinski definition) is 2. The van der Waals surface area contributed by atoms with Gasteiger partial charge in [0, 0.05) is 34.8 Å². The lowest BCUT2D eigenvalue weighted by Crippen LogP contribution is -2.14. The molecule has 156 valence electrons. The van der Waals surface area contributed by atoms with Gasteiger partial charge in [-0.25, -0.2) is 0 Å². The Labute approximate surface area is 179 Å². The van der Waals surface area contributed by atoms with Crippen LogP contribution in [0.15, 0.2) is 72.9 Å². The molecule has 0 aliphatic rings. The Hall–Kier alpha value is -3.70. The van der Waals surface area contributed by atoms with Crippen LogP contribution in [-0.4, -0.2) is 32.5 Å². The van der Waals surface area contributed by atoms with Crippen LogP contribution >= 0.6 is 0 Å². The Balaban J connectivity index is 1.85. The monoisotopic (exact) mass is 413 g/mol. The van der Waals surface area contributed by atoms with E-state index in [1.165, 1.54) is 0 Å². The van der Waals surface area contributed by atoms with Crippen LogP contribution in [0.4, 0.5) is 0 Å². The maximum atomic E-state index is 11.7. The number of ketones is 1. The van der Waals surface area contributed by atoms with E-state index in [9.17, 15) is 14.7 Å². The number of aryl methyl sites for hydroxylation is 1. The van der Waals surface area contributed by atoms with Crippen molar-refractivity contribution in [2.24, 2.45) is 0 Å². The molecule has 4 aromatic rings. The number of nitrogens with zero attached hydrogens (tertiary/aromatic N) is 1. The van der Waals surface area contributed by atoms with Crippen molar-refractivity contribution in [1.82, 2.24) is 4.40 Å². The van der Waals surface area contributed by atoms with Crippen LogP contribution < -0.4 is 0 Å². The van der Waals surface area contributed by atoms with Gasteiger partial charge in [0.25, 0.3) is 0 Å². The van der Waals surface area contributed by atoms with Crippen molar-refractivity contribution >= 4 is 34.1 Å². The average molecular weight is 413 g/mol. The molecule has 2 aromatic heterocycles. The van der Waals surface area contributed by atoms with Crippen molar-refractivity contribution in [3.63, 3.8) is 0 Å². The molecule has 2 N–H and O–H groups in total. The molecule has 2 aromatic carbocycles. The number of aliphatic carboxylic acids is 1. The highest BCUT2D eigenvalue weighted by Gasteiger charge is 2.18. The van der Waals surface area contributed by atoms with Crippen molar-refractivity contribution in [2.45, 2.75) is 25.9 Å². The third-order valence-corrected chi connectivity index (χ3v) is 5.45. The molecule has 2 heterocycles. The van der Waals surface area contributed by atoms with Crippen molar-refractivity contribution in [3.05, 3.63) is 84.2 Å². The summed E-state index contributed by atoms with van der Waals surface area (Å²) in [5.41, 5.74) is 5.15. The van der Waals surface area contributed by atoms with E-state index >= 15 is 0 Å². The number of carbonyl (C=O) groups is 2. The van der Waals surface area contributed by atoms with E-state index in [0.717, 1.165) is 38.7 Å². The van der Waals surface area contributed by atoms with Gasteiger partial charge in [0.15, 0.2) is 0 Å². The van der Waals surface area contributed by atoms with Gasteiger partial charge in [-0.2, -0.15) is 0 Å². The molecule has 0 saturated heterocycles. The third kappa shape index (κ3) is 4.13. The zero-order chi connectivity index (χ0) is 22.0. The fraction of sp³-hybridized carbons (Fsp3) is 0.154. The summed E-state index contributed by atoms with van der Waals surface area (Å²) in [6.07, 6.45) is 3.59. The molecular formula is C26H23NO4. The van der Waals surface area contributed by atoms with Gasteiger partial charge in [-0.15, -0.1) is 0 Å². The van der Waals surface area contributed by atoms with E-state index in [-0.39, 0.29) is 6.42 Å². The first-order chi connectivity index (χ1) is 15.0. The van der Waals surface area contributed by atoms with Crippen molar-refractivity contribution in [2.75, 3.05) is 0 Å². The van der Waals surface area contributed by atoms with E-state index in [1.54, 1.807) is 6.08 Å². The first-order valence-corrected chi connectivity index (χ1v) is 10.1. The quantitative estimate of drug-likeness (QED) is 0.424. The average Bonchev–Trinajstić information content (AvgIpc) is 3.04. The van der Waals surface area contributed by atoms with Gasteiger partial charge >= 0.3 is 5.97 Å². The van der Waals surface area contributed by atoms with E-state index < -0.39 is 24.3 Å². The Morgan fingerprint density at radius 2 is 1.74 bits per heavy atom. The molecule has 1 atom stereocenters. The van der Waals surface area contributed by atoms with Crippen LogP contribution in [0.1, 0.15) is 24.1 Å². The predicted molar refractivity (Wildman–Crippen MR) is 122 cm³/mol. The van der Waals surface area contributed by atoms with E-state index in [1.807, 2.05) is 49.5 Å². The second kappa shape index (κ2) is 8.58. The number of carboxylic acid groups (broad SMARTS) is 1. The van der Waals surface area contributed by atoms with Gasteiger partial charge in [0.1, 0.15) is 12.2 Å². The summed E-state index contributed by atoms with van der Waals surface area (Å²) in [6.45, 7) is 2.02. The lowest BCUT2D eigenvalue weighted by molar-refractivity contribution is -0.140. The maximum absolute atomic E-state index is 11.7. The number of carbonyl (C=O) groups excluding carboxylic acids is 1. The van der Waals surface area contributed by atoms with E-state index in [2.05, 4.69) is 34.7 Å². The largest absolute Gasteiger partial charge is 0.481 e. The fourth-order valence-electron chi connectivity index (χ4n) is 4.04.